The van der Waals surface area contributed by atoms with Gasteiger partial charge in [-0.15, -0.1) is 6.58 Å². The fourth-order valence-electron chi connectivity index (χ4n) is 1.87. The summed E-state index contributed by atoms with van der Waals surface area (Å²) in [6, 6.07) is 0. The summed E-state index contributed by atoms with van der Waals surface area (Å²) in [5.74, 6) is -0.523. The molecule has 10 heteroatoms. The molecule has 0 radical (unpaired) electrons. The SMILES string of the molecule is C=CC(Cn1cnc2c(=O)[nH]c(N)nc21)CP(=O)(O)O. The van der Waals surface area contributed by atoms with E-state index < -0.39 is 19.1 Å². The van der Waals surface area contributed by atoms with Crippen molar-refractivity contribution in [3.8, 4) is 0 Å². The first-order valence-corrected chi connectivity index (χ1v) is 7.47. The quantitative estimate of drug-likeness (QED) is 0.437. The Morgan fingerprint density at radius 3 is 2.90 bits per heavy atom. The van der Waals surface area contributed by atoms with Crippen LogP contribution >= 0.6 is 7.60 Å². The van der Waals surface area contributed by atoms with E-state index in [2.05, 4.69) is 21.5 Å². The second-order valence-corrected chi connectivity index (χ2v) is 6.06. The molecule has 20 heavy (non-hydrogen) atoms. The summed E-state index contributed by atoms with van der Waals surface area (Å²) in [6.07, 6.45) is 2.48. The zero-order valence-electron chi connectivity index (χ0n) is 10.4. The third-order valence-electron chi connectivity index (χ3n) is 2.73. The minimum absolute atomic E-state index is 0.0469. The van der Waals surface area contributed by atoms with Gasteiger partial charge < -0.3 is 20.1 Å². The van der Waals surface area contributed by atoms with Crippen LogP contribution in [0.3, 0.4) is 0 Å². The van der Waals surface area contributed by atoms with Gasteiger partial charge in [-0.1, -0.05) is 6.08 Å². The maximum Gasteiger partial charge on any atom is 0.326 e. The maximum atomic E-state index is 11.6. The van der Waals surface area contributed by atoms with E-state index in [4.69, 9.17) is 15.5 Å². The van der Waals surface area contributed by atoms with Gasteiger partial charge in [0, 0.05) is 12.5 Å². The molecular weight excluding hydrogens is 285 g/mol. The third kappa shape index (κ3) is 3.13. The van der Waals surface area contributed by atoms with Crippen LogP contribution in [0.15, 0.2) is 23.8 Å². The molecule has 0 spiro atoms. The van der Waals surface area contributed by atoms with Crippen LogP contribution in [0.1, 0.15) is 0 Å². The van der Waals surface area contributed by atoms with Crippen LogP contribution in [0.5, 0.6) is 0 Å². The predicted molar refractivity (Wildman–Crippen MR) is 73.2 cm³/mol. The Morgan fingerprint density at radius 1 is 1.60 bits per heavy atom. The number of nitrogen functional groups attached to an aromatic ring is 1. The van der Waals surface area contributed by atoms with Crippen molar-refractivity contribution >= 4 is 24.7 Å². The Balaban J connectivity index is 2.36. The van der Waals surface area contributed by atoms with Crippen LogP contribution in [-0.2, 0) is 11.1 Å². The fourth-order valence-corrected chi connectivity index (χ4v) is 2.74. The van der Waals surface area contributed by atoms with E-state index in [1.807, 2.05) is 0 Å². The first-order valence-electron chi connectivity index (χ1n) is 5.68. The summed E-state index contributed by atoms with van der Waals surface area (Å²) in [4.78, 5) is 39.8. The minimum atomic E-state index is -4.15. The van der Waals surface area contributed by atoms with Crippen LogP contribution in [0.4, 0.5) is 5.95 Å². The molecule has 0 aliphatic heterocycles. The second-order valence-electron chi connectivity index (χ2n) is 4.36. The van der Waals surface area contributed by atoms with Crippen LogP contribution in [0.2, 0.25) is 0 Å². The van der Waals surface area contributed by atoms with Gasteiger partial charge in [0.05, 0.1) is 12.5 Å². The molecule has 2 aromatic heterocycles. The zero-order chi connectivity index (χ0) is 14.9. The molecule has 0 bridgehead atoms. The molecule has 0 saturated heterocycles. The lowest BCUT2D eigenvalue weighted by Gasteiger charge is -2.14. The Labute approximate surface area is 113 Å². The summed E-state index contributed by atoms with van der Waals surface area (Å²) in [5.41, 5.74) is 5.39. The molecule has 0 aliphatic rings. The number of nitrogens with zero attached hydrogens (tertiary/aromatic N) is 3. The van der Waals surface area contributed by atoms with Crippen LogP contribution in [-0.4, -0.2) is 35.5 Å². The molecule has 0 aliphatic carbocycles. The second kappa shape index (κ2) is 5.20. The maximum absolute atomic E-state index is 11.6. The Morgan fingerprint density at radius 2 is 2.30 bits per heavy atom. The molecule has 0 fully saturated rings. The van der Waals surface area contributed by atoms with Gasteiger partial charge in [0.2, 0.25) is 5.95 Å². The van der Waals surface area contributed by atoms with Gasteiger partial charge in [-0.2, -0.15) is 4.98 Å². The van der Waals surface area contributed by atoms with Crippen LogP contribution in [0.25, 0.3) is 11.2 Å². The molecule has 5 N–H and O–H groups in total. The van der Waals surface area contributed by atoms with Crippen LogP contribution < -0.4 is 11.3 Å². The summed E-state index contributed by atoms with van der Waals surface area (Å²) in [7, 11) is -4.15. The number of hydrogen-bond donors (Lipinski definition) is 4. The molecule has 1 atom stereocenters. The van der Waals surface area contributed by atoms with Crippen molar-refractivity contribution in [2.24, 2.45) is 5.92 Å². The highest BCUT2D eigenvalue weighted by Gasteiger charge is 2.21. The highest BCUT2D eigenvalue weighted by molar-refractivity contribution is 7.51. The van der Waals surface area contributed by atoms with Gasteiger partial charge in [-0.3, -0.25) is 14.3 Å². The number of rotatable bonds is 5. The fraction of sp³-hybridized carbons (Fsp3) is 0.300. The van der Waals surface area contributed by atoms with E-state index in [0.29, 0.717) is 0 Å². The predicted octanol–water partition coefficient (Wildman–Crippen LogP) is -0.318. The Kier molecular flexibility index (Phi) is 3.76. The number of H-pyrrole nitrogens is 1. The van der Waals surface area contributed by atoms with Gasteiger partial charge >= 0.3 is 7.60 Å². The Hall–Kier alpha value is -1.96. The molecule has 0 aromatic carbocycles. The molecule has 0 saturated carbocycles. The Bertz CT molecular complexity index is 746. The number of nitrogens with one attached hydrogen (secondary N) is 1. The highest BCUT2D eigenvalue weighted by Crippen LogP contribution is 2.37. The van der Waals surface area contributed by atoms with Gasteiger partial charge in [-0.25, -0.2) is 4.98 Å². The molecule has 9 nitrogen and oxygen atoms in total. The number of imidazole rings is 1. The van der Waals surface area contributed by atoms with Crippen molar-refractivity contribution in [3.63, 3.8) is 0 Å². The summed E-state index contributed by atoms with van der Waals surface area (Å²) < 4.78 is 12.5. The van der Waals surface area contributed by atoms with Crippen LogP contribution in [0, 0.1) is 5.92 Å². The largest absolute Gasteiger partial charge is 0.369 e. The molecule has 0 amide bonds. The number of allylic oxidation sites excluding steroid dienone is 1. The number of aromatic nitrogens is 4. The van der Waals surface area contributed by atoms with E-state index in [1.165, 1.54) is 17.0 Å². The van der Waals surface area contributed by atoms with Gasteiger partial charge in [0.1, 0.15) is 0 Å². The number of fused-ring (bicyclic) bond motifs is 1. The summed E-state index contributed by atoms with van der Waals surface area (Å²) in [6.45, 7) is 3.75. The van der Waals surface area contributed by atoms with Crippen molar-refractivity contribution in [1.29, 1.82) is 0 Å². The molecule has 2 heterocycles. The average Bonchev–Trinajstić information content (AvgIpc) is 2.70. The number of anilines is 1. The summed E-state index contributed by atoms with van der Waals surface area (Å²) in [5, 5.41) is 0. The smallest absolute Gasteiger partial charge is 0.326 e. The molecule has 1 unspecified atom stereocenters. The topological polar surface area (TPSA) is 147 Å². The number of aromatic amines is 1. The van der Waals surface area contributed by atoms with Gasteiger partial charge in [0.25, 0.3) is 5.56 Å². The number of hydrogen-bond acceptors (Lipinski definition) is 5. The van der Waals surface area contributed by atoms with E-state index in [0.717, 1.165) is 0 Å². The van der Waals surface area contributed by atoms with Gasteiger partial charge in [0.15, 0.2) is 11.2 Å². The van der Waals surface area contributed by atoms with Crippen molar-refractivity contribution in [3.05, 3.63) is 29.3 Å². The summed E-state index contributed by atoms with van der Waals surface area (Å²) >= 11 is 0. The minimum Gasteiger partial charge on any atom is -0.369 e. The van der Waals surface area contributed by atoms with E-state index in [-0.39, 0.29) is 29.8 Å². The molecule has 108 valence electrons. The van der Waals surface area contributed by atoms with E-state index in [9.17, 15) is 9.36 Å². The third-order valence-corrected chi connectivity index (χ3v) is 3.67. The molecular formula is C10H14N5O4P. The normalized spacial score (nSPS) is 13.5. The molecule has 2 rings (SSSR count). The van der Waals surface area contributed by atoms with E-state index in [1.54, 1.807) is 0 Å². The first-order chi connectivity index (χ1) is 9.30. The lowest BCUT2D eigenvalue weighted by Crippen LogP contribution is -2.15. The lowest BCUT2D eigenvalue weighted by atomic mass is 10.2. The first kappa shape index (κ1) is 14.4. The number of nitrogens with two attached hydrogens (primary N) is 1. The highest BCUT2D eigenvalue weighted by atomic mass is 31.2. The monoisotopic (exact) mass is 299 g/mol. The van der Waals surface area contributed by atoms with Crippen molar-refractivity contribution < 1.29 is 14.4 Å². The van der Waals surface area contributed by atoms with Gasteiger partial charge in [-0.05, 0) is 0 Å². The van der Waals surface area contributed by atoms with Crippen molar-refractivity contribution in [2.75, 3.05) is 11.9 Å². The average molecular weight is 299 g/mol. The van der Waals surface area contributed by atoms with Crippen molar-refractivity contribution in [2.45, 2.75) is 6.54 Å². The zero-order valence-corrected chi connectivity index (χ0v) is 11.3. The standard InChI is InChI=1S/C10H14N5O4P/c1-2-6(4-20(17,18)19)3-15-5-12-7-8(15)13-10(11)14-9(7)16/h2,5-6H,1,3-4H2,(H2,17,18,19)(H3,11,13,14,16). The van der Waals surface area contributed by atoms with Crippen molar-refractivity contribution in [1.82, 2.24) is 19.5 Å². The van der Waals surface area contributed by atoms with E-state index >= 15 is 0 Å². The molecule has 2 aromatic rings. The lowest BCUT2D eigenvalue weighted by molar-refractivity contribution is 0.363.